The van der Waals surface area contributed by atoms with Gasteiger partial charge in [-0.15, -0.1) is 0 Å². The second-order valence-corrected chi connectivity index (χ2v) is 4.43. The highest BCUT2D eigenvalue weighted by atomic mass is 79.9. The molecule has 92 valence electrons. The summed E-state index contributed by atoms with van der Waals surface area (Å²) < 4.78 is 14.2. The molecule has 18 heavy (non-hydrogen) atoms. The molecule has 0 bridgehead atoms. The summed E-state index contributed by atoms with van der Waals surface area (Å²) in [5.41, 5.74) is 0.648. The minimum Gasteiger partial charge on any atom is -0.478 e. The van der Waals surface area contributed by atoms with Crippen molar-refractivity contribution in [2.45, 2.75) is 0 Å². The number of anilines is 2. The van der Waals surface area contributed by atoms with Crippen molar-refractivity contribution in [3.05, 3.63) is 58.3 Å². The van der Waals surface area contributed by atoms with E-state index >= 15 is 0 Å². The van der Waals surface area contributed by atoms with Crippen molar-refractivity contribution in [1.82, 2.24) is 0 Å². The van der Waals surface area contributed by atoms with Gasteiger partial charge >= 0.3 is 5.97 Å². The normalized spacial score (nSPS) is 10.1. The number of carbonyl (C=O) groups is 1. The van der Waals surface area contributed by atoms with Gasteiger partial charge in [-0.1, -0.05) is 18.2 Å². The maximum Gasteiger partial charge on any atom is 0.337 e. The van der Waals surface area contributed by atoms with Crippen molar-refractivity contribution >= 4 is 33.3 Å². The summed E-state index contributed by atoms with van der Waals surface area (Å²) in [6.07, 6.45) is 0. The van der Waals surface area contributed by atoms with Crippen LogP contribution in [0.25, 0.3) is 0 Å². The average Bonchev–Trinajstić information content (AvgIpc) is 2.34. The van der Waals surface area contributed by atoms with E-state index in [-0.39, 0.29) is 11.3 Å². The van der Waals surface area contributed by atoms with E-state index in [0.29, 0.717) is 10.2 Å². The zero-order valence-corrected chi connectivity index (χ0v) is 10.7. The van der Waals surface area contributed by atoms with E-state index in [1.54, 1.807) is 30.3 Å². The molecule has 0 fully saturated rings. The van der Waals surface area contributed by atoms with Crippen molar-refractivity contribution in [3.63, 3.8) is 0 Å². The fraction of sp³-hybridized carbons (Fsp3) is 0. The van der Waals surface area contributed by atoms with Gasteiger partial charge in [0.15, 0.2) is 0 Å². The Morgan fingerprint density at radius 2 is 1.89 bits per heavy atom. The molecule has 0 aromatic heterocycles. The first-order chi connectivity index (χ1) is 8.59. The van der Waals surface area contributed by atoms with Gasteiger partial charge in [0, 0.05) is 4.47 Å². The van der Waals surface area contributed by atoms with Crippen LogP contribution in [0.5, 0.6) is 0 Å². The summed E-state index contributed by atoms with van der Waals surface area (Å²) in [6.45, 7) is 0. The monoisotopic (exact) mass is 309 g/mol. The fourth-order valence-electron chi connectivity index (χ4n) is 1.53. The summed E-state index contributed by atoms with van der Waals surface area (Å²) >= 11 is 3.22. The van der Waals surface area contributed by atoms with Crippen molar-refractivity contribution < 1.29 is 14.3 Å². The molecule has 0 aliphatic carbocycles. The summed E-state index contributed by atoms with van der Waals surface area (Å²) in [5.74, 6) is -1.52. The van der Waals surface area contributed by atoms with Gasteiger partial charge in [-0.25, -0.2) is 9.18 Å². The number of para-hydroxylation sites is 2. The van der Waals surface area contributed by atoms with Crippen LogP contribution in [0.3, 0.4) is 0 Å². The van der Waals surface area contributed by atoms with Crippen molar-refractivity contribution in [1.29, 1.82) is 0 Å². The molecule has 0 aliphatic rings. The molecule has 0 atom stereocenters. The number of aromatic carboxylic acids is 1. The van der Waals surface area contributed by atoms with E-state index in [4.69, 9.17) is 5.11 Å². The van der Waals surface area contributed by atoms with Gasteiger partial charge in [-0.2, -0.15) is 0 Å². The third-order valence-corrected chi connectivity index (χ3v) is 3.04. The topological polar surface area (TPSA) is 49.3 Å². The Kier molecular flexibility index (Phi) is 3.62. The quantitative estimate of drug-likeness (QED) is 0.900. The second kappa shape index (κ2) is 5.18. The lowest BCUT2D eigenvalue weighted by atomic mass is 10.1. The predicted molar refractivity (Wildman–Crippen MR) is 70.8 cm³/mol. The van der Waals surface area contributed by atoms with Crippen LogP contribution in [0, 0.1) is 5.82 Å². The molecule has 2 rings (SSSR count). The average molecular weight is 310 g/mol. The first kappa shape index (κ1) is 12.6. The molecule has 0 saturated carbocycles. The standard InChI is InChI=1S/C13H9BrFNO2/c14-9-5-3-6-10(15)12(9)16-11-7-2-1-4-8(11)13(17)18/h1-7,16H,(H,17,18). The molecule has 0 radical (unpaired) electrons. The van der Waals surface area contributed by atoms with Gasteiger partial charge in [0.05, 0.1) is 16.9 Å². The summed E-state index contributed by atoms with van der Waals surface area (Å²) in [5, 5.41) is 11.8. The summed E-state index contributed by atoms with van der Waals surface area (Å²) in [4.78, 5) is 11.0. The highest BCUT2D eigenvalue weighted by molar-refractivity contribution is 9.10. The number of carboxylic acids is 1. The first-order valence-corrected chi connectivity index (χ1v) is 5.92. The zero-order chi connectivity index (χ0) is 13.1. The smallest absolute Gasteiger partial charge is 0.337 e. The fourth-order valence-corrected chi connectivity index (χ4v) is 1.97. The molecule has 0 heterocycles. The minimum atomic E-state index is -1.06. The number of hydrogen-bond donors (Lipinski definition) is 2. The lowest BCUT2D eigenvalue weighted by Gasteiger charge is -2.11. The van der Waals surface area contributed by atoms with Crippen LogP contribution < -0.4 is 5.32 Å². The minimum absolute atomic E-state index is 0.0904. The number of hydrogen-bond acceptors (Lipinski definition) is 2. The molecule has 0 amide bonds. The van der Waals surface area contributed by atoms with Gasteiger partial charge in [-0.05, 0) is 40.2 Å². The Morgan fingerprint density at radius 3 is 2.56 bits per heavy atom. The number of carboxylic acid groups (broad SMARTS) is 1. The second-order valence-electron chi connectivity index (χ2n) is 3.57. The SMILES string of the molecule is O=C(O)c1ccccc1Nc1c(F)cccc1Br. The van der Waals surface area contributed by atoms with Gasteiger partial charge < -0.3 is 10.4 Å². The molecular weight excluding hydrogens is 301 g/mol. The van der Waals surface area contributed by atoms with Gasteiger partial charge in [0.25, 0.3) is 0 Å². The van der Waals surface area contributed by atoms with Crippen LogP contribution in [0.15, 0.2) is 46.9 Å². The lowest BCUT2D eigenvalue weighted by molar-refractivity contribution is 0.0698. The van der Waals surface area contributed by atoms with Crippen LogP contribution >= 0.6 is 15.9 Å². The van der Waals surface area contributed by atoms with Crippen LogP contribution in [-0.2, 0) is 0 Å². The van der Waals surface area contributed by atoms with E-state index in [1.807, 2.05) is 0 Å². The van der Waals surface area contributed by atoms with Crippen LogP contribution in [-0.4, -0.2) is 11.1 Å². The number of benzene rings is 2. The number of nitrogens with one attached hydrogen (secondary N) is 1. The molecule has 3 nitrogen and oxygen atoms in total. The first-order valence-electron chi connectivity index (χ1n) is 5.13. The molecule has 2 aromatic rings. The van der Waals surface area contributed by atoms with E-state index in [2.05, 4.69) is 21.2 Å². The summed E-state index contributed by atoms with van der Waals surface area (Å²) in [6, 6.07) is 10.9. The van der Waals surface area contributed by atoms with Crippen LogP contribution in [0.1, 0.15) is 10.4 Å². The van der Waals surface area contributed by atoms with E-state index in [1.165, 1.54) is 12.1 Å². The highest BCUT2D eigenvalue weighted by Crippen LogP contribution is 2.29. The Morgan fingerprint density at radius 1 is 1.17 bits per heavy atom. The number of rotatable bonds is 3. The van der Waals surface area contributed by atoms with E-state index < -0.39 is 11.8 Å². The molecule has 2 N–H and O–H groups in total. The maximum atomic E-state index is 13.6. The van der Waals surface area contributed by atoms with Crippen molar-refractivity contribution in [2.24, 2.45) is 0 Å². The van der Waals surface area contributed by atoms with Crippen molar-refractivity contribution in [2.75, 3.05) is 5.32 Å². The maximum absolute atomic E-state index is 13.6. The molecular formula is C13H9BrFNO2. The van der Waals surface area contributed by atoms with Gasteiger partial charge in [0.1, 0.15) is 5.82 Å². The van der Waals surface area contributed by atoms with E-state index in [0.717, 1.165) is 0 Å². The molecule has 2 aromatic carbocycles. The Balaban J connectivity index is 2.43. The predicted octanol–water partition coefficient (Wildman–Crippen LogP) is 4.03. The van der Waals surface area contributed by atoms with E-state index in [9.17, 15) is 9.18 Å². The molecule has 0 aliphatic heterocycles. The third-order valence-electron chi connectivity index (χ3n) is 2.38. The van der Waals surface area contributed by atoms with Crippen LogP contribution in [0.4, 0.5) is 15.8 Å². The summed E-state index contributed by atoms with van der Waals surface area (Å²) in [7, 11) is 0. The molecule has 0 unspecified atom stereocenters. The van der Waals surface area contributed by atoms with Gasteiger partial charge in [-0.3, -0.25) is 0 Å². The molecule has 0 saturated heterocycles. The number of halogens is 2. The highest BCUT2D eigenvalue weighted by Gasteiger charge is 2.12. The lowest BCUT2D eigenvalue weighted by Crippen LogP contribution is -2.03. The Bertz CT molecular complexity index is 581. The van der Waals surface area contributed by atoms with Crippen LogP contribution in [0.2, 0.25) is 0 Å². The molecule has 5 heteroatoms. The Labute approximate surface area is 111 Å². The van der Waals surface area contributed by atoms with Gasteiger partial charge in [0.2, 0.25) is 0 Å². The molecule has 0 spiro atoms. The van der Waals surface area contributed by atoms with Crippen molar-refractivity contribution in [3.8, 4) is 0 Å². The third kappa shape index (κ3) is 2.51. The largest absolute Gasteiger partial charge is 0.478 e. The zero-order valence-electron chi connectivity index (χ0n) is 9.15. The Hall–Kier alpha value is -1.88.